The van der Waals surface area contributed by atoms with Gasteiger partial charge in [0.1, 0.15) is 0 Å². The molecule has 1 aromatic rings. The van der Waals surface area contributed by atoms with E-state index in [9.17, 15) is 0 Å². The molecule has 0 aliphatic heterocycles. The van der Waals surface area contributed by atoms with Crippen molar-refractivity contribution in [2.75, 3.05) is 0 Å². The summed E-state index contributed by atoms with van der Waals surface area (Å²) >= 11 is 17.2. The van der Waals surface area contributed by atoms with Gasteiger partial charge in [-0.15, -0.1) is 0 Å². The Morgan fingerprint density at radius 2 is 1.90 bits per heavy atom. The summed E-state index contributed by atoms with van der Waals surface area (Å²) in [4.78, 5) is 0. The first kappa shape index (κ1) is 8.93. The quantitative estimate of drug-likeness (QED) is 0.646. The second kappa shape index (κ2) is 3.49. The van der Waals surface area contributed by atoms with E-state index in [0.717, 1.165) is 8.82 Å². The predicted molar refractivity (Wildman–Crippen MR) is 49.6 cm³/mol. The van der Waals surface area contributed by atoms with E-state index in [0.29, 0.717) is 10.0 Å². The Kier molecular flexibility index (Phi) is 3.12. The van der Waals surface area contributed by atoms with Gasteiger partial charge in [0.05, 0.1) is 0 Å². The van der Waals surface area contributed by atoms with Crippen molar-refractivity contribution in [1.82, 2.24) is 0 Å². The maximum absolute atomic E-state index is 5.79. The van der Waals surface area contributed by atoms with Gasteiger partial charge in [-0.25, -0.2) is 0 Å². The summed E-state index contributed by atoms with van der Waals surface area (Å²) in [5.41, 5.74) is 0. The fourth-order valence-corrected chi connectivity index (χ4v) is 2.01. The molecular weight excluding hydrogens is 298 g/mol. The number of halogens is 3. The Morgan fingerprint density at radius 3 is 2.40 bits per heavy atom. The second-order valence-electron chi connectivity index (χ2n) is 1.72. The Morgan fingerprint density at radius 1 is 1.30 bits per heavy atom. The van der Waals surface area contributed by atoms with Crippen molar-refractivity contribution in [2.45, 2.75) is 0 Å². The first-order chi connectivity index (χ1) is 4.61. The molecule has 1 rings (SSSR count). The number of rotatable bonds is 0. The van der Waals surface area contributed by atoms with Crippen LogP contribution in [-0.4, -0.2) is 16.9 Å². The van der Waals surface area contributed by atoms with E-state index in [4.69, 9.17) is 23.2 Å². The van der Waals surface area contributed by atoms with Gasteiger partial charge in [-0.2, -0.15) is 0 Å². The monoisotopic (exact) mass is 298 g/mol. The van der Waals surface area contributed by atoms with Crippen LogP contribution in [0.3, 0.4) is 0 Å². The zero-order chi connectivity index (χ0) is 7.72. The molecule has 0 spiro atoms. The van der Waals surface area contributed by atoms with Gasteiger partial charge in [-0.1, -0.05) is 0 Å². The molecular formula is C6H2AsBrCl2. The summed E-state index contributed by atoms with van der Waals surface area (Å²) in [7, 11) is 0. The van der Waals surface area contributed by atoms with Crippen molar-refractivity contribution in [1.29, 1.82) is 0 Å². The van der Waals surface area contributed by atoms with E-state index >= 15 is 0 Å². The average Bonchev–Trinajstić information content (AvgIpc) is 1.82. The van der Waals surface area contributed by atoms with Crippen LogP contribution in [0.5, 0.6) is 0 Å². The molecule has 52 valence electrons. The van der Waals surface area contributed by atoms with Gasteiger partial charge < -0.3 is 0 Å². The van der Waals surface area contributed by atoms with Crippen molar-refractivity contribution in [3.8, 4) is 0 Å². The van der Waals surface area contributed by atoms with Gasteiger partial charge in [-0.3, -0.25) is 0 Å². The van der Waals surface area contributed by atoms with Gasteiger partial charge in [0.25, 0.3) is 0 Å². The first-order valence-electron chi connectivity index (χ1n) is 2.45. The van der Waals surface area contributed by atoms with Crippen molar-refractivity contribution in [3.05, 3.63) is 26.7 Å². The molecule has 0 amide bonds. The Bertz CT molecular complexity index is 239. The minimum atomic E-state index is 0.645. The number of hydrogen-bond acceptors (Lipinski definition) is 0. The van der Waals surface area contributed by atoms with E-state index < -0.39 is 0 Å². The van der Waals surface area contributed by atoms with Gasteiger partial charge in [0.15, 0.2) is 0 Å². The molecule has 0 saturated carbocycles. The molecule has 0 N–H and O–H groups in total. The SMILES string of the molecule is Clc1cc(Cl)c([As])c(Br)c1. The zero-order valence-electron chi connectivity index (χ0n) is 4.74. The Hall–Kier alpha value is 0.838. The van der Waals surface area contributed by atoms with Crippen LogP contribution in [0.2, 0.25) is 10.0 Å². The molecule has 0 atom stereocenters. The van der Waals surface area contributed by atoms with Crippen LogP contribution in [0, 0.1) is 0 Å². The van der Waals surface area contributed by atoms with E-state index in [2.05, 4.69) is 32.8 Å². The van der Waals surface area contributed by atoms with Gasteiger partial charge in [0, 0.05) is 0 Å². The van der Waals surface area contributed by atoms with Crippen molar-refractivity contribution in [2.24, 2.45) is 0 Å². The first-order valence-corrected chi connectivity index (χ1v) is 4.93. The second-order valence-corrected chi connectivity index (χ2v) is 4.35. The fraction of sp³-hybridized carbons (Fsp3) is 0. The molecule has 4 heteroatoms. The van der Waals surface area contributed by atoms with Crippen molar-refractivity contribution < 1.29 is 0 Å². The Labute approximate surface area is 86.5 Å². The summed E-state index contributed by atoms with van der Waals surface area (Å²) in [6, 6.07) is 3.52. The third-order valence-corrected chi connectivity index (χ3v) is 4.09. The molecule has 2 radical (unpaired) electrons. The van der Waals surface area contributed by atoms with Crippen molar-refractivity contribution >= 4 is 60.3 Å². The molecule has 0 aromatic heterocycles. The normalized spacial score (nSPS) is 10.0. The molecule has 0 bridgehead atoms. The summed E-state index contributed by atoms with van der Waals surface area (Å²) in [6.07, 6.45) is 0. The van der Waals surface area contributed by atoms with Crippen LogP contribution in [0.15, 0.2) is 16.6 Å². The summed E-state index contributed by atoms with van der Waals surface area (Å²) in [5, 5.41) is 1.31. The molecule has 0 fully saturated rings. The number of benzene rings is 1. The standard InChI is InChI=1S/C6H2AsBrCl2/c7-6-4(8)1-3(9)2-5(6)10/h1-2H. The zero-order valence-corrected chi connectivity index (χ0v) is 9.71. The molecule has 0 heterocycles. The van der Waals surface area contributed by atoms with Gasteiger partial charge >= 0.3 is 87.0 Å². The van der Waals surface area contributed by atoms with E-state index in [-0.39, 0.29) is 0 Å². The molecule has 1 aromatic carbocycles. The van der Waals surface area contributed by atoms with Crippen LogP contribution in [-0.2, 0) is 0 Å². The van der Waals surface area contributed by atoms with Crippen LogP contribution < -0.4 is 4.35 Å². The third-order valence-electron chi connectivity index (χ3n) is 0.982. The molecule has 0 unspecified atom stereocenters. The summed E-state index contributed by atoms with van der Waals surface area (Å²) < 4.78 is 1.88. The van der Waals surface area contributed by atoms with E-state index in [1.165, 1.54) is 0 Å². The van der Waals surface area contributed by atoms with E-state index in [1.54, 1.807) is 12.1 Å². The van der Waals surface area contributed by atoms with E-state index in [1.807, 2.05) is 0 Å². The number of hydrogen-bond donors (Lipinski definition) is 0. The molecule has 10 heavy (non-hydrogen) atoms. The van der Waals surface area contributed by atoms with Gasteiger partial charge in [0.2, 0.25) is 0 Å². The predicted octanol–water partition coefficient (Wildman–Crippen LogP) is 2.55. The third kappa shape index (κ3) is 1.92. The minimum absolute atomic E-state index is 0.645. The fourth-order valence-electron chi connectivity index (χ4n) is 0.535. The topological polar surface area (TPSA) is 0 Å². The van der Waals surface area contributed by atoms with Crippen LogP contribution in [0.1, 0.15) is 0 Å². The maximum atomic E-state index is 5.79. The van der Waals surface area contributed by atoms with Crippen LogP contribution in [0.25, 0.3) is 0 Å². The molecule has 0 nitrogen and oxygen atoms in total. The van der Waals surface area contributed by atoms with Crippen LogP contribution in [0.4, 0.5) is 0 Å². The average molecular weight is 300 g/mol. The van der Waals surface area contributed by atoms with Crippen molar-refractivity contribution in [3.63, 3.8) is 0 Å². The molecule has 0 aliphatic carbocycles. The Balaban J connectivity index is 3.31. The summed E-state index contributed by atoms with van der Waals surface area (Å²) in [6.45, 7) is 0. The van der Waals surface area contributed by atoms with Gasteiger partial charge in [-0.05, 0) is 0 Å². The molecule has 0 aliphatic rings. The molecule has 0 saturated heterocycles. The summed E-state index contributed by atoms with van der Waals surface area (Å²) in [5.74, 6) is 0. The van der Waals surface area contributed by atoms with Crippen LogP contribution >= 0.6 is 39.1 Å².